The van der Waals surface area contributed by atoms with E-state index in [0.29, 0.717) is 5.92 Å². The van der Waals surface area contributed by atoms with Crippen LogP contribution in [0.15, 0.2) is 42.6 Å². The van der Waals surface area contributed by atoms with Crippen LogP contribution in [0, 0.1) is 6.92 Å². The molecular formula is C20H25N3. The number of aromatic nitrogens is 2. The Labute approximate surface area is 138 Å². The van der Waals surface area contributed by atoms with Crippen molar-refractivity contribution < 1.29 is 0 Å². The summed E-state index contributed by atoms with van der Waals surface area (Å²) in [6.45, 7) is 8.55. The summed E-state index contributed by atoms with van der Waals surface area (Å²) in [5, 5.41) is 0. The maximum absolute atomic E-state index is 6.23. The third kappa shape index (κ3) is 3.02. The summed E-state index contributed by atoms with van der Waals surface area (Å²) in [7, 11) is 0. The van der Waals surface area contributed by atoms with E-state index in [0.717, 1.165) is 23.5 Å². The van der Waals surface area contributed by atoms with Gasteiger partial charge in [0.25, 0.3) is 0 Å². The number of nitrogens with zero attached hydrogens (tertiary/aromatic N) is 2. The Kier molecular flexibility index (Phi) is 4.22. The molecule has 3 nitrogen and oxygen atoms in total. The molecule has 0 aliphatic rings. The molecule has 0 radical (unpaired) electrons. The van der Waals surface area contributed by atoms with Gasteiger partial charge in [0, 0.05) is 18.7 Å². The first-order valence-electron chi connectivity index (χ1n) is 8.28. The van der Waals surface area contributed by atoms with Crippen LogP contribution >= 0.6 is 0 Å². The first-order valence-corrected chi connectivity index (χ1v) is 8.28. The zero-order valence-corrected chi connectivity index (χ0v) is 14.4. The molecule has 0 fully saturated rings. The number of nitrogens with two attached hydrogens (primary N) is 1. The number of pyridine rings is 1. The van der Waals surface area contributed by atoms with Crippen LogP contribution in [0.2, 0.25) is 0 Å². The zero-order valence-electron chi connectivity index (χ0n) is 14.4. The van der Waals surface area contributed by atoms with Crippen LogP contribution < -0.4 is 5.73 Å². The Morgan fingerprint density at radius 2 is 1.78 bits per heavy atom. The highest BCUT2D eigenvalue weighted by molar-refractivity contribution is 5.51. The molecule has 2 aromatic heterocycles. The van der Waals surface area contributed by atoms with Crippen molar-refractivity contribution in [1.82, 2.24) is 9.38 Å². The van der Waals surface area contributed by atoms with Gasteiger partial charge < -0.3 is 10.1 Å². The van der Waals surface area contributed by atoms with Gasteiger partial charge in [-0.15, -0.1) is 0 Å². The van der Waals surface area contributed by atoms with Gasteiger partial charge in [0.1, 0.15) is 5.65 Å². The first-order chi connectivity index (χ1) is 11.0. The molecule has 3 heteroatoms. The molecule has 3 aromatic rings. The van der Waals surface area contributed by atoms with Gasteiger partial charge in [-0.25, -0.2) is 4.98 Å². The molecule has 0 bridgehead atoms. The van der Waals surface area contributed by atoms with E-state index in [1.54, 1.807) is 0 Å². The van der Waals surface area contributed by atoms with E-state index in [1.807, 2.05) is 6.92 Å². The van der Waals surface area contributed by atoms with Crippen molar-refractivity contribution in [2.75, 3.05) is 0 Å². The fourth-order valence-electron chi connectivity index (χ4n) is 3.10. The topological polar surface area (TPSA) is 43.3 Å². The van der Waals surface area contributed by atoms with Crippen molar-refractivity contribution in [3.63, 3.8) is 0 Å². The summed E-state index contributed by atoms with van der Waals surface area (Å²) in [4.78, 5) is 4.87. The van der Waals surface area contributed by atoms with Crippen LogP contribution in [0.25, 0.3) is 5.65 Å². The highest BCUT2D eigenvalue weighted by Gasteiger charge is 2.16. The Balaban J connectivity index is 2.02. The molecule has 2 heterocycles. The maximum atomic E-state index is 6.23. The third-order valence-electron chi connectivity index (χ3n) is 4.41. The number of rotatable bonds is 4. The standard InChI is InChI=1S/C20H25N3/c1-13(2)17-9-7-16(8-10-17)12-18-19(15(4)21)23-11-5-6-14(3)20(23)22-18/h5-11,13,15H,12,21H2,1-4H3. The van der Waals surface area contributed by atoms with E-state index in [9.17, 15) is 0 Å². The second-order valence-electron chi connectivity index (χ2n) is 6.69. The quantitative estimate of drug-likeness (QED) is 0.777. The minimum atomic E-state index is -0.0447. The number of imidazole rings is 1. The second kappa shape index (κ2) is 6.17. The van der Waals surface area contributed by atoms with Gasteiger partial charge in [-0.2, -0.15) is 0 Å². The average Bonchev–Trinajstić information content (AvgIpc) is 2.87. The van der Waals surface area contributed by atoms with Crippen LogP contribution in [0.5, 0.6) is 0 Å². The van der Waals surface area contributed by atoms with Gasteiger partial charge in [0.2, 0.25) is 0 Å². The van der Waals surface area contributed by atoms with Gasteiger partial charge in [-0.3, -0.25) is 0 Å². The molecule has 1 unspecified atom stereocenters. The van der Waals surface area contributed by atoms with E-state index >= 15 is 0 Å². The van der Waals surface area contributed by atoms with Crippen molar-refractivity contribution >= 4 is 5.65 Å². The summed E-state index contributed by atoms with van der Waals surface area (Å²) < 4.78 is 2.14. The molecule has 0 amide bonds. The smallest absolute Gasteiger partial charge is 0.140 e. The molecule has 0 aliphatic heterocycles. The van der Waals surface area contributed by atoms with Crippen LogP contribution in [-0.4, -0.2) is 9.38 Å². The lowest BCUT2D eigenvalue weighted by molar-refractivity contribution is 0.755. The van der Waals surface area contributed by atoms with Crippen molar-refractivity contribution in [3.05, 3.63) is 70.7 Å². The van der Waals surface area contributed by atoms with Crippen LogP contribution in [0.3, 0.4) is 0 Å². The normalized spacial score (nSPS) is 13.0. The van der Waals surface area contributed by atoms with Gasteiger partial charge in [0.05, 0.1) is 11.4 Å². The fraction of sp³-hybridized carbons (Fsp3) is 0.350. The van der Waals surface area contributed by atoms with E-state index in [4.69, 9.17) is 10.7 Å². The van der Waals surface area contributed by atoms with Crippen molar-refractivity contribution in [2.24, 2.45) is 5.73 Å². The Hall–Kier alpha value is -2.13. The van der Waals surface area contributed by atoms with E-state index in [2.05, 4.69) is 67.8 Å². The van der Waals surface area contributed by atoms with Gasteiger partial charge in [-0.1, -0.05) is 44.2 Å². The van der Waals surface area contributed by atoms with E-state index in [-0.39, 0.29) is 6.04 Å². The summed E-state index contributed by atoms with van der Waals surface area (Å²) >= 11 is 0. The van der Waals surface area contributed by atoms with Crippen LogP contribution in [0.4, 0.5) is 0 Å². The highest BCUT2D eigenvalue weighted by atomic mass is 15.0. The molecule has 3 rings (SSSR count). The van der Waals surface area contributed by atoms with Crippen molar-refractivity contribution in [3.8, 4) is 0 Å². The first kappa shape index (κ1) is 15.8. The number of hydrogen-bond donors (Lipinski definition) is 1. The molecule has 0 saturated carbocycles. The average molecular weight is 307 g/mol. The SMILES string of the molecule is Cc1cccn2c(C(C)N)c(Cc3ccc(C(C)C)cc3)nc12. The highest BCUT2D eigenvalue weighted by Crippen LogP contribution is 2.23. The molecule has 120 valence electrons. The molecule has 23 heavy (non-hydrogen) atoms. The lowest BCUT2D eigenvalue weighted by Gasteiger charge is -2.10. The van der Waals surface area contributed by atoms with E-state index in [1.165, 1.54) is 16.7 Å². The third-order valence-corrected chi connectivity index (χ3v) is 4.41. The van der Waals surface area contributed by atoms with Crippen LogP contribution in [-0.2, 0) is 6.42 Å². The maximum Gasteiger partial charge on any atom is 0.140 e. The summed E-state index contributed by atoms with van der Waals surface area (Å²) in [6.07, 6.45) is 2.87. The molecule has 0 saturated heterocycles. The molecule has 2 N–H and O–H groups in total. The molecular weight excluding hydrogens is 282 g/mol. The summed E-state index contributed by atoms with van der Waals surface area (Å²) in [5.41, 5.74) is 13.2. The largest absolute Gasteiger partial charge is 0.323 e. The molecule has 0 spiro atoms. The monoisotopic (exact) mass is 307 g/mol. The predicted octanol–water partition coefficient (Wildman–Crippen LogP) is 4.38. The van der Waals surface area contributed by atoms with Gasteiger partial charge >= 0.3 is 0 Å². The number of benzene rings is 1. The molecule has 1 atom stereocenters. The van der Waals surface area contributed by atoms with Crippen molar-refractivity contribution in [1.29, 1.82) is 0 Å². The predicted molar refractivity (Wildman–Crippen MR) is 95.9 cm³/mol. The van der Waals surface area contributed by atoms with Crippen molar-refractivity contribution in [2.45, 2.75) is 46.1 Å². The fourth-order valence-corrected chi connectivity index (χ4v) is 3.10. The Bertz CT molecular complexity index is 811. The second-order valence-corrected chi connectivity index (χ2v) is 6.69. The Morgan fingerprint density at radius 1 is 1.09 bits per heavy atom. The summed E-state index contributed by atoms with van der Waals surface area (Å²) in [6, 6.07) is 12.9. The zero-order chi connectivity index (χ0) is 16.6. The van der Waals surface area contributed by atoms with Gasteiger partial charge in [-0.05, 0) is 42.5 Å². The minimum Gasteiger partial charge on any atom is -0.323 e. The van der Waals surface area contributed by atoms with Gasteiger partial charge in [0.15, 0.2) is 0 Å². The molecule has 1 aromatic carbocycles. The lowest BCUT2D eigenvalue weighted by atomic mass is 9.99. The van der Waals surface area contributed by atoms with E-state index < -0.39 is 0 Å². The Morgan fingerprint density at radius 3 is 2.39 bits per heavy atom. The minimum absolute atomic E-state index is 0.0447. The summed E-state index contributed by atoms with van der Waals surface area (Å²) in [5.74, 6) is 0.557. The number of hydrogen-bond acceptors (Lipinski definition) is 2. The number of fused-ring (bicyclic) bond motifs is 1. The number of aryl methyl sites for hydroxylation is 1. The molecule has 0 aliphatic carbocycles. The lowest BCUT2D eigenvalue weighted by Crippen LogP contribution is -2.11. The van der Waals surface area contributed by atoms with Crippen LogP contribution in [0.1, 0.15) is 60.8 Å².